The topological polar surface area (TPSA) is 32.7 Å². The molecule has 0 spiro atoms. The highest BCUT2D eigenvalue weighted by molar-refractivity contribution is 8.18. The number of rotatable bonds is 3. The molecule has 2 heterocycles. The molecule has 2 rings (SSSR count). The van der Waals surface area contributed by atoms with Gasteiger partial charge in [0.2, 0.25) is 0 Å². The molecule has 0 aliphatic carbocycles. The van der Waals surface area contributed by atoms with Crippen LogP contribution in [0.4, 0.5) is 0 Å². The summed E-state index contributed by atoms with van der Waals surface area (Å²) in [7, 11) is 0. The number of halogens is 1. The van der Waals surface area contributed by atoms with Crippen molar-refractivity contribution in [2.75, 3.05) is 13.1 Å². The highest BCUT2D eigenvalue weighted by Crippen LogP contribution is 2.34. The average molecular weight is 301 g/mol. The van der Waals surface area contributed by atoms with Crippen molar-refractivity contribution in [3.8, 4) is 0 Å². The first-order valence-electron chi connectivity index (χ1n) is 5.67. The van der Waals surface area contributed by atoms with E-state index < -0.39 is 0 Å². The van der Waals surface area contributed by atoms with Gasteiger partial charge in [-0.25, -0.2) is 0 Å². The van der Waals surface area contributed by atoms with Gasteiger partial charge in [-0.2, -0.15) is 0 Å². The Balaban J connectivity index is 2.28. The lowest BCUT2D eigenvalue weighted by Crippen LogP contribution is -2.28. The van der Waals surface area contributed by atoms with Crippen molar-refractivity contribution < 1.29 is 4.79 Å². The minimum Gasteiger partial charge on any atom is -0.287 e. The fourth-order valence-corrected chi connectivity index (χ4v) is 3.75. The first kappa shape index (κ1) is 13.6. The van der Waals surface area contributed by atoms with E-state index in [1.54, 1.807) is 4.90 Å². The maximum atomic E-state index is 12.2. The van der Waals surface area contributed by atoms with Crippen LogP contribution in [-0.4, -0.2) is 29.1 Å². The Labute approximate surface area is 120 Å². The maximum absolute atomic E-state index is 12.2. The molecule has 1 aliphatic heterocycles. The van der Waals surface area contributed by atoms with Gasteiger partial charge in [0, 0.05) is 18.0 Å². The first-order valence-corrected chi connectivity index (χ1v) is 7.68. The zero-order valence-corrected chi connectivity index (χ0v) is 12.5. The van der Waals surface area contributed by atoms with E-state index in [2.05, 4.69) is 4.99 Å². The van der Waals surface area contributed by atoms with E-state index in [9.17, 15) is 4.79 Å². The Kier molecular flexibility index (Phi) is 4.48. The van der Waals surface area contributed by atoms with E-state index in [4.69, 9.17) is 11.6 Å². The maximum Gasteiger partial charge on any atom is 0.266 e. The van der Waals surface area contributed by atoms with Gasteiger partial charge in [0.15, 0.2) is 5.17 Å². The number of thioether (sulfide) groups is 1. The molecule has 6 heteroatoms. The van der Waals surface area contributed by atoms with E-state index in [1.165, 1.54) is 23.1 Å². The number of hydrogen-bond acceptors (Lipinski definition) is 4. The van der Waals surface area contributed by atoms with Crippen molar-refractivity contribution in [1.29, 1.82) is 0 Å². The lowest BCUT2D eigenvalue weighted by molar-refractivity contribution is -0.122. The fourth-order valence-electron chi connectivity index (χ4n) is 1.58. The van der Waals surface area contributed by atoms with Crippen molar-refractivity contribution >= 4 is 51.9 Å². The minimum absolute atomic E-state index is 0.0271. The fraction of sp³-hybridized carbons (Fsp3) is 0.333. The van der Waals surface area contributed by atoms with Crippen LogP contribution in [0.2, 0.25) is 4.34 Å². The number of amides is 1. The normalized spacial score (nSPS) is 20.4. The Morgan fingerprint density at radius 1 is 1.44 bits per heavy atom. The summed E-state index contributed by atoms with van der Waals surface area (Å²) in [6.07, 6.45) is 1.88. The van der Waals surface area contributed by atoms with Gasteiger partial charge in [0.05, 0.1) is 9.24 Å². The Hall–Kier alpha value is -0.780. The van der Waals surface area contributed by atoms with Crippen molar-refractivity contribution in [2.45, 2.75) is 13.8 Å². The van der Waals surface area contributed by atoms with E-state index in [0.29, 0.717) is 18.0 Å². The highest BCUT2D eigenvalue weighted by Gasteiger charge is 2.31. The summed E-state index contributed by atoms with van der Waals surface area (Å²) >= 11 is 8.78. The van der Waals surface area contributed by atoms with Crippen LogP contribution >= 0.6 is 34.7 Å². The van der Waals surface area contributed by atoms with E-state index in [1.807, 2.05) is 32.1 Å². The summed E-state index contributed by atoms with van der Waals surface area (Å²) in [4.78, 5) is 19.9. The first-order chi connectivity index (χ1) is 8.65. The number of amidine groups is 1. The molecule has 1 aromatic rings. The molecule has 3 nitrogen and oxygen atoms in total. The molecule has 0 aromatic carbocycles. The molecule has 96 valence electrons. The third kappa shape index (κ3) is 2.79. The number of likely N-dealkylation sites (N-methyl/N-ethyl adjacent to an activating group) is 1. The Bertz CT molecular complexity index is 522. The predicted molar refractivity (Wildman–Crippen MR) is 80.3 cm³/mol. The van der Waals surface area contributed by atoms with Crippen molar-refractivity contribution in [2.24, 2.45) is 4.99 Å². The number of nitrogens with zero attached hydrogens (tertiary/aromatic N) is 2. The largest absolute Gasteiger partial charge is 0.287 e. The van der Waals surface area contributed by atoms with Crippen molar-refractivity contribution in [1.82, 2.24) is 4.90 Å². The zero-order valence-electron chi connectivity index (χ0n) is 10.1. The summed E-state index contributed by atoms with van der Waals surface area (Å²) in [6, 6.07) is 3.75. The van der Waals surface area contributed by atoms with Crippen LogP contribution in [0.5, 0.6) is 0 Å². The van der Waals surface area contributed by atoms with E-state index in [-0.39, 0.29) is 5.91 Å². The van der Waals surface area contributed by atoms with Crippen molar-refractivity contribution in [3.63, 3.8) is 0 Å². The van der Waals surface area contributed by atoms with Gasteiger partial charge >= 0.3 is 0 Å². The summed E-state index contributed by atoms with van der Waals surface area (Å²) in [5.74, 6) is 0.0271. The van der Waals surface area contributed by atoms with Gasteiger partial charge < -0.3 is 0 Å². The van der Waals surface area contributed by atoms with Crippen LogP contribution in [0.1, 0.15) is 18.7 Å². The van der Waals surface area contributed by atoms with Crippen LogP contribution in [0.25, 0.3) is 6.08 Å². The monoisotopic (exact) mass is 300 g/mol. The second-order valence-corrected chi connectivity index (χ2v) is 6.31. The molecule has 1 saturated heterocycles. The molecule has 0 bridgehead atoms. The average Bonchev–Trinajstić information content (AvgIpc) is 2.86. The van der Waals surface area contributed by atoms with Crippen LogP contribution < -0.4 is 0 Å². The molecule has 1 aromatic heterocycles. The van der Waals surface area contributed by atoms with Gasteiger partial charge in [-0.3, -0.25) is 14.7 Å². The molecule has 1 fully saturated rings. The van der Waals surface area contributed by atoms with Gasteiger partial charge in [-0.1, -0.05) is 11.6 Å². The zero-order chi connectivity index (χ0) is 13.1. The second kappa shape index (κ2) is 5.91. The van der Waals surface area contributed by atoms with Crippen LogP contribution in [0, 0.1) is 0 Å². The molecule has 0 N–H and O–H groups in total. The van der Waals surface area contributed by atoms with Gasteiger partial charge in [-0.05, 0) is 43.8 Å². The summed E-state index contributed by atoms with van der Waals surface area (Å²) < 4.78 is 0.729. The third-order valence-electron chi connectivity index (χ3n) is 2.37. The molecule has 18 heavy (non-hydrogen) atoms. The van der Waals surface area contributed by atoms with Crippen molar-refractivity contribution in [3.05, 3.63) is 26.3 Å². The van der Waals surface area contributed by atoms with Gasteiger partial charge in [0.1, 0.15) is 0 Å². The van der Waals surface area contributed by atoms with Crippen LogP contribution in [-0.2, 0) is 4.79 Å². The quantitative estimate of drug-likeness (QED) is 0.797. The second-order valence-electron chi connectivity index (χ2n) is 3.56. The molecule has 0 saturated carbocycles. The highest BCUT2D eigenvalue weighted by atomic mass is 35.5. The smallest absolute Gasteiger partial charge is 0.266 e. The van der Waals surface area contributed by atoms with E-state index >= 15 is 0 Å². The SMILES string of the molecule is CCN=C1S/C(=C/c2ccc(Cl)s2)C(=O)N1CC. The molecule has 0 atom stereocenters. The van der Waals surface area contributed by atoms with Crippen LogP contribution in [0.3, 0.4) is 0 Å². The molecule has 0 radical (unpaired) electrons. The molecule has 1 amide bonds. The standard InChI is InChI=1S/C12H13ClN2OS2/c1-3-14-12-15(4-2)11(16)9(18-12)7-8-5-6-10(13)17-8/h5-7H,3-4H2,1-2H3/b9-7+,14-12?. The molecular weight excluding hydrogens is 288 g/mol. The third-order valence-corrected chi connectivity index (χ3v) is 4.59. The number of aliphatic imine (C=N–C) groups is 1. The predicted octanol–water partition coefficient (Wildman–Crippen LogP) is 3.71. The number of carbonyl (C=O) groups is 1. The summed E-state index contributed by atoms with van der Waals surface area (Å²) in [6.45, 7) is 5.25. The van der Waals surface area contributed by atoms with Gasteiger partial charge in [-0.15, -0.1) is 11.3 Å². The molecule has 0 unspecified atom stereocenters. The lowest BCUT2D eigenvalue weighted by Gasteiger charge is -2.11. The molecular formula is C12H13ClN2OS2. The number of hydrogen-bond donors (Lipinski definition) is 0. The summed E-state index contributed by atoms with van der Waals surface area (Å²) in [5, 5.41) is 0.791. The lowest BCUT2D eigenvalue weighted by atomic mass is 10.4. The Morgan fingerprint density at radius 3 is 2.78 bits per heavy atom. The van der Waals surface area contributed by atoms with Gasteiger partial charge in [0.25, 0.3) is 5.91 Å². The Morgan fingerprint density at radius 2 is 2.22 bits per heavy atom. The number of carbonyl (C=O) groups excluding carboxylic acids is 1. The summed E-state index contributed by atoms with van der Waals surface area (Å²) in [5.41, 5.74) is 0. The minimum atomic E-state index is 0.0271. The number of thiophene rings is 1. The molecule has 1 aliphatic rings. The van der Waals surface area contributed by atoms with Crippen LogP contribution in [0.15, 0.2) is 22.0 Å². The van der Waals surface area contributed by atoms with E-state index in [0.717, 1.165) is 14.4 Å².